The van der Waals surface area contributed by atoms with Gasteiger partial charge in [-0.15, -0.1) is 29.1 Å². The van der Waals surface area contributed by atoms with Crippen LogP contribution in [0.4, 0.5) is 56.9 Å². The molecule has 6 aromatic rings. The first kappa shape index (κ1) is 57.3. The molecule has 0 aliphatic carbocycles. The lowest BCUT2D eigenvalue weighted by Gasteiger charge is -2.14. The number of carbonyl (C=O) groups is 1. The number of carbonyl (C=O) groups excluding carboxylic acids is 1. The third-order valence-corrected chi connectivity index (χ3v) is 15.4. The standard InChI is InChI=1S/C39H36N10O20S6/c1-20(50)42-29-18-27(40)31(64-2)19-30(29)46-43-22-3-5-24(6-4-22)49-73(56,57)25-9-7-23(8-10-25)44-48-38-34(75(61,62)63)16-21-15-32(70-68-66-52)37(39(51)35(21)36(38)41)47-45-28-12-11-26(17-33(28)74(58,59)60)72(54,55)14-13-65-71-69-67-53/h3-12,15-19,49,51-53H,13-14,40-41H2,1-2H3,(H,42,50)(H,58,59,60)(H,61,62,63). The van der Waals surface area contributed by atoms with Gasteiger partial charge in [-0.05, 0) is 90.3 Å². The summed E-state index contributed by atoms with van der Waals surface area (Å²) in [6.07, 6.45) is 0. The van der Waals surface area contributed by atoms with Crippen LogP contribution >= 0.6 is 24.4 Å². The number of methoxy groups -OCH3 is 1. The Labute approximate surface area is 432 Å². The molecule has 0 radical (unpaired) electrons. The van der Waals surface area contributed by atoms with Crippen molar-refractivity contribution in [1.29, 1.82) is 0 Å². The van der Waals surface area contributed by atoms with Gasteiger partial charge >= 0.3 is 0 Å². The Hall–Kier alpha value is -7.01. The Morgan fingerprint density at radius 1 is 0.693 bits per heavy atom. The molecule has 0 saturated heterocycles. The monoisotopic (exact) mass is 1160 g/mol. The highest BCUT2D eigenvalue weighted by atomic mass is 32.2. The summed E-state index contributed by atoms with van der Waals surface area (Å²) in [5.74, 6) is -1.81. The van der Waals surface area contributed by atoms with Crippen LogP contribution in [0.3, 0.4) is 0 Å². The smallest absolute Gasteiger partial charge is 0.296 e. The molecular formula is C39H36N10O20S6. The number of phenolic OH excluding ortho intramolecular Hbond substituents is 1. The number of azo groups is 3. The molecule has 0 aliphatic heterocycles. The quantitative estimate of drug-likeness (QED) is 0.00552. The van der Waals surface area contributed by atoms with Gasteiger partial charge < -0.3 is 26.6 Å². The highest BCUT2D eigenvalue weighted by Gasteiger charge is 2.27. The predicted octanol–water partition coefficient (Wildman–Crippen LogP) is 8.42. The van der Waals surface area contributed by atoms with Crippen molar-refractivity contribution in [3.05, 3.63) is 91.0 Å². The number of nitrogens with two attached hydrogens (primary N) is 2. The summed E-state index contributed by atoms with van der Waals surface area (Å²) in [5, 5.41) is 61.1. The van der Waals surface area contributed by atoms with Gasteiger partial charge in [0.15, 0.2) is 27.9 Å². The first-order valence-corrected chi connectivity index (χ1v) is 27.4. The van der Waals surface area contributed by atoms with E-state index in [0.29, 0.717) is 11.8 Å². The van der Waals surface area contributed by atoms with Crippen molar-refractivity contribution in [2.75, 3.05) is 41.0 Å². The van der Waals surface area contributed by atoms with Crippen molar-refractivity contribution >= 4 is 138 Å². The zero-order chi connectivity index (χ0) is 54.9. The van der Waals surface area contributed by atoms with Crippen LogP contribution in [0.25, 0.3) is 10.8 Å². The number of sulfonamides is 1. The Morgan fingerprint density at radius 3 is 1.91 bits per heavy atom. The van der Waals surface area contributed by atoms with Gasteiger partial charge in [0.05, 0.1) is 80.0 Å². The second-order valence-electron chi connectivity index (χ2n) is 14.5. The van der Waals surface area contributed by atoms with E-state index in [1.807, 2.05) is 0 Å². The molecule has 0 atom stereocenters. The summed E-state index contributed by atoms with van der Waals surface area (Å²) in [5.41, 5.74) is 10.6. The average Bonchev–Trinajstić information content (AvgIpc) is 3.34. The molecule has 6 rings (SSSR count). The summed E-state index contributed by atoms with van der Waals surface area (Å²) >= 11 is 0.215. The van der Waals surface area contributed by atoms with Gasteiger partial charge in [0.1, 0.15) is 38.3 Å². The minimum absolute atomic E-state index is 0.0798. The Morgan fingerprint density at radius 2 is 1.29 bits per heavy atom. The number of benzene rings is 6. The van der Waals surface area contributed by atoms with Gasteiger partial charge in [-0.1, -0.05) is 10.1 Å². The van der Waals surface area contributed by atoms with E-state index in [-0.39, 0.29) is 79.6 Å². The van der Waals surface area contributed by atoms with E-state index < -0.39 is 101 Å². The van der Waals surface area contributed by atoms with Gasteiger partial charge in [-0.25, -0.2) is 27.4 Å². The predicted molar refractivity (Wildman–Crippen MR) is 265 cm³/mol. The van der Waals surface area contributed by atoms with E-state index in [4.69, 9.17) is 30.9 Å². The maximum absolute atomic E-state index is 13.3. The second kappa shape index (κ2) is 24.1. The van der Waals surface area contributed by atoms with Crippen LogP contribution in [0.1, 0.15) is 6.92 Å². The zero-order valence-corrected chi connectivity index (χ0v) is 42.6. The fourth-order valence-corrected chi connectivity index (χ4v) is 10.7. The number of nitrogen functional groups attached to an aromatic ring is 2. The molecular weight excluding hydrogens is 1120 g/mol. The number of amides is 1. The third-order valence-electron chi connectivity index (χ3n) is 9.58. The summed E-state index contributed by atoms with van der Waals surface area (Å²) < 4.78 is 144. The second-order valence-corrected chi connectivity index (χ2v) is 22.3. The summed E-state index contributed by atoms with van der Waals surface area (Å²) in [7, 11) is -17.6. The number of anilines is 4. The zero-order valence-electron chi connectivity index (χ0n) is 37.7. The molecule has 1 amide bonds. The lowest BCUT2D eigenvalue weighted by molar-refractivity contribution is -0.434. The van der Waals surface area contributed by atoms with Crippen molar-refractivity contribution in [3.63, 3.8) is 0 Å². The summed E-state index contributed by atoms with van der Waals surface area (Å²) in [6.45, 7) is 0.745. The number of sulfone groups is 1. The molecule has 11 N–H and O–H groups in total. The van der Waals surface area contributed by atoms with Gasteiger partial charge in [-0.2, -0.15) is 27.1 Å². The Kier molecular flexibility index (Phi) is 18.4. The number of hydrogen-bond acceptors (Lipinski definition) is 28. The van der Waals surface area contributed by atoms with Crippen LogP contribution in [-0.2, 0) is 67.8 Å². The molecule has 0 aliphatic rings. The Bertz CT molecular complexity index is 3700. The molecule has 0 unspecified atom stereocenters. The largest absolute Gasteiger partial charge is 0.505 e. The molecule has 0 bridgehead atoms. The van der Waals surface area contributed by atoms with E-state index >= 15 is 0 Å². The van der Waals surface area contributed by atoms with Crippen LogP contribution < -0.4 is 26.2 Å². The number of nitrogens with one attached hydrogen (secondary N) is 2. The molecule has 0 spiro atoms. The normalized spacial score (nSPS) is 12.6. The maximum Gasteiger partial charge on any atom is 0.296 e. The van der Waals surface area contributed by atoms with Crippen molar-refractivity contribution < 1.29 is 90.9 Å². The van der Waals surface area contributed by atoms with Crippen LogP contribution in [-0.4, -0.2) is 83.8 Å². The number of aromatic hydroxyl groups is 1. The number of nitrogens with zero attached hydrogens (tertiary/aromatic N) is 6. The van der Waals surface area contributed by atoms with E-state index in [9.17, 15) is 52.7 Å². The first-order chi connectivity index (χ1) is 35.4. The van der Waals surface area contributed by atoms with Crippen molar-refractivity contribution in [3.8, 4) is 11.5 Å². The van der Waals surface area contributed by atoms with E-state index in [0.717, 1.165) is 36.4 Å². The topological polar surface area (TPSA) is 460 Å². The molecule has 30 nitrogen and oxygen atoms in total. The number of phenols is 1. The van der Waals surface area contributed by atoms with Crippen LogP contribution in [0.5, 0.6) is 11.5 Å². The lowest BCUT2D eigenvalue weighted by atomic mass is 10.1. The molecule has 0 aromatic heterocycles. The van der Waals surface area contributed by atoms with Crippen molar-refractivity contribution in [2.24, 2.45) is 30.7 Å². The summed E-state index contributed by atoms with van der Waals surface area (Å²) in [4.78, 5) is 8.41. The van der Waals surface area contributed by atoms with Gasteiger partial charge in [0.2, 0.25) is 5.91 Å². The molecule has 398 valence electrons. The van der Waals surface area contributed by atoms with Crippen molar-refractivity contribution in [2.45, 2.75) is 31.4 Å². The molecule has 75 heavy (non-hydrogen) atoms. The van der Waals surface area contributed by atoms with Crippen LogP contribution in [0, 0.1) is 0 Å². The highest BCUT2D eigenvalue weighted by molar-refractivity contribution is 7.94. The molecule has 6 aromatic carbocycles. The SMILES string of the molecule is COc1cc(N=Nc2ccc(NS(=O)(=O)c3ccc(N=Nc4c(S(=O)(=O)O)cc5cc(SOOO)c(N=Nc6ccc(S(=O)(=O)CCOSOOO)cc6S(=O)(=O)O)c(O)c5c4N)cc3)cc2)c(NC(C)=O)cc1N. The fraction of sp³-hybridized carbons (Fsp3) is 0.103. The minimum atomic E-state index is -5.26. The molecule has 0 saturated carbocycles. The number of rotatable bonds is 23. The molecule has 0 heterocycles. The number of fused-ring (bicyclic) bond motifs is 1. The van der Waals surface area contributed by atoms with Gasteiger partial charge in [0, 0.05) is 18.7 Å². The molecule has 36 heteroatoms. The third kappa shape index (κ3) is 14.4. The maximum atomic E-state index is 13.3. The first-order valence-electron chi connectivity index (χ1n) is 19.9. The van der Waals surface area contributed by atoms with Gasteiger partial charge in [0.25, 0.3) is 30.3 Å². The highest BCUT2D eigenvalue weighted by Crippen LogP contribution is 2.50. The van der Waals surface area contributed by atoms with Crippen LogP contribution in [0.2, 0.25) is 0 Å². The Balaban J connectivity index is 1.28. The molecule has 0 fully saturated rings. The average molecular weight is 1160 g/mol. The van der Waals surface area contributed by atoms with Gasteiger partial charge in [-0.3, -0.25) is 22.8 Å². The number of hydrogen-bond donors (Lipinski definition) is 9. The number of ether oxygens (including phenoxy) is 1. The van der Waals surface area contributed by atoms with E-state index in [1.165, 1.54) is 62.6 Å². The lowest BCUT2D eigenvalue weighted by Crippen LogP contribution is -2.12. The van der Waals surface area contributed by atoms with Crippen molar-refractivity contribution in [1.82, 2.24) is 0 Å². The van der Waals surface area contributed by atoms with E-state index in [2.05, 4.69) is 59.5 Å². The summed E-state index contributed by atoms with van der Waals surface area (Å²) in [6, 6.07) is 17.3. The van der Waals surface area contributed by atoms with Crippen LogP contribution in [0.15, 0.2) is 146 Å². The fourth-order valence-electron chi connectivity index (χ4n) is 6.29. The van der Waals surface area contributed by atoms with E-state index in [1.54, 1.807) is 0 Å². The minimum Gasteiger partial charge on any atom is -0.505 e.